The number of benzene rings is 1. The van der Waals surface area contributed by atoms with Gasteiger partial charge in [0.1, 0.15) is 0 Å². The molecule has 1 aromatic heterocycles. The monoisotopic (exact) mass is 345 g/mol. The summed E-state index contributed by atoms with van der Waals surface area (Å²) in [4.78, 5) is 19.9. The van der Waals surface area contributed by atoms with Crippen molar-refractivity contribution in [3.8, 4) is 0 Å². The van der Waals surface area contributed by atoms with E-state index < -0.39 is 0 Å². The van der Waals surface area contributed by atoms with Gasteiger partial charge in [-0.1, -0.05) is 24.3 Å². The average molecular weight is 345 g/mol. The maximum Gasteiger partial charge on any atom is 0.318 e. The number of fused-ring (bicyclic) bond motifs is 1. The fraction of sp³-hybridized carbons (Fsp3) is 0.444. The molecule has 0 bridgehead atoms. The quantitative estimate of drug-likeness (QED) is 0.846. The van der Waals surface area contributed by atoms with Gasteiger partial charge in [-0.25, -0.2) is 9.78 Å². The van der Waals surface area contributed by atoms with Crippen molar-refractivity contribution in [2.24, 2.45) is 0 Å². The van der Waals surface area contributed by atoms with Gasteiger partial charge in [-0.3, -0.25) is 0 Å². The van der Waals surface area contributed by atoms with Crippen LogP contribution in [-0.4, -0.2) is 40.7 Å². The zero-order chi connectivity index (χ0) is 16.9. The van der Waals surface area contributed by atoms with E-state index in [1.54, 1.807) is 16.2 Å². The van der Waals surface area contributed by atoms with Crippen LogP contribution in [0.2, 0.25) is 0 Å². The highest BCUT2D eigenvalue weighted by Crippen LogP contribution is 2.35. The summed E-state index contributed by atoms with van der Waals surface area (Å²) in [5, 5.41) is 13.4. The smallest absolute Gasteiger partial charge is 0.318 e. The number of aryl methyl sites for hydroxylation is 2. The summed E-state index contributed by atoms with van der Waals surface area (Å²) in [6.45, 7) is 2.90. The first-order chi connectivity index (χ1) is 11.7. The molecule has 1 atom stereocenters. The van der Waals surface area contributed by atoms with E-state index >= 15 is 0 Å². The molecule has 0 spiro atoms. The summed E-state index contributed by atoms with van der Waals surface area (Å²) in [5.74, 6) is 0. The molecule has 0 saturated heterocycles. The Balaban J connectivity index is 1.61. The van der Waals surface area contributed by atoms with Crippen molar-refractivity contribution in [2.75, 3.05) is 19.7 Å². The molecule has 0 fully saturated rings. The van der Waals surface area contributed by atoms with E-state index in [2.05, 4.69) is 22.4 Å². The van der Waals surface area contributed by atoms with Crippen molar-refractivity contribution in [1.29, 1.82) is 0 Å². The van der Waals surface area contributed by atoms with Gasteiger partial charge in [0, 0.05) is 30.6 Å². The van der Waals surface area contributed by atoms with Crippen LogP contribution in [0.1, 0.15) is 33.5 Å². The van der Waals surface area contributed by atoms with Crippen LogP contribution in [0.5, 0.6) is 0 Å². The molecule has 1 aliphatic carbocycles. The number of aliphatic hydroxyl groups is 1. The van der Waals surface area contributed by atoms with E-state index in [1.165, 1.54) is 16.0 Å². The highest BCUT2D eigenvalue weighted by molar-refractivity contribution is 7.11. The topological polar surface area (TPSA) is 65.5 Å². The Kier molecular flexibility index (Phi) is 5.48. The van der Waals surface area contributed by atoms with Crippen molar-refractivity contribution in [2.45, 2.75) is 32.2 Å². The first-order valence-electron chi connectivity index (χ1n) is 8.33. The SMILES string of the molecule is Cc1cnc(CCNC(=O)N(CCO)C2CCc3ccccc32)s1. The Bertz CT molecular complexity index is 701. The van der Waals surface area contributed by atoms with E-state index in [9.17, 15) is 9.90 Å². The molecule has 128 valence electrons. The lowest BCUT2D eigenvalue weighted by atomic mass is 10.1. The number of nitrogens with zero attached hydrogens (tertiary/aromatic N) is 2. The molecule has 1 aromatic carbocycles. The van der Waals surface area contributed by atoms with Gasteiger partial charge in [0.2, 0.25) is 0 Å². The average Bonchev–Trinajstić information content (AvgIpc) is 3.19. The Morgan fingerprint density at radius 1 is 1.46 bits per heavy atom. The lowest BCUT2D eigenvalue weighted by Gasteiger charge is -2.29. The summed E-state index contributed by atoms with van der Waals surface area (Å²) < 4.78 is 0. The molecule has 3 rings (SSSR count). The van der Waals surface area contributed by atoms with Crippen molar-refractivity contribution in [1.82, 2.24) is 15.2 Å². The molecule has 0 saturated carbocycles. The van der Waals surface area contributed by atoms with Crippen LogP contribution in [0.3, 0.4) is 0 Å². The van der Waals surface area contributed by atoms with E-state index in [4.69, 9.17) is 0 Å². The van der Waals surface area contributed by atoms with Gasteiger partial charge in [-0.05, 0) is 30.9 Å². The van der Waals surface area contributed by atoms with Crippen molar-refractivity contribution in [3.63, 3.8) is 0 Å². The summed E-state index contributed by atoms with van der Waals surface area (Å²) in [5.41, 5.74) is 2.51. The minimum Gasteiger partial charge on any atom is -0.395 e. The Hall–Kier alpha value is -1.92. The highest BCUT2D eigenvalue weighted by Gasteiger charge is 2.30. The third-order valence-corrected chi connectivity index (χ3v) is 5.34. The molecule has 0 radical (unpaired) electrons. The van der Waals surface area contributed by atoms with Crippen molar-refractivity contribution >= 4 is 17.4 Å². The van der Waals surface area contributed by atoms with Gasteiger partial charge < -0.3 is 15.3 Å². The zero-order valence-electron chi connectivity index (χ0n) is 13.9. The Labute approximate surface area is 146 Å². The number of aromatic nitrogens is 1. The predicted octanol–water partition coefficient (Wildman–Crippen LogP) is 2.69. The van der Waals surface area contributed by atoms with Crippen LogP contribution < -0.4 is 5.32 Å². The minimum absolute atomic E-state index is 0.0300. The maximum absolute atomic E-state index is 12.6. The van der Waals surface area contributed by atoms with Crippen molar-refractivity contribution in [3.05, 3.63) is 51.5 Å². The van der Waals surface area contributed by atoms with Gasteiger partial charge in [0.05, 0.1) is 17.7 Å². The first kappa shape index (κ1) is 16.9. The number of carbonyl (C=O) groups is 1. The summed E-state index contributed by atoms with van der Waals surface area (Å²) in [6.07, 6.45) is 4.49. The molecule has 6 heteroatoms. The van der Waals surface area contributed by atoms with Crippen molar-refractivity contribution < 1.29 is 9.90 Å². The third kappa shape index (κ3) is 3.76. The minimum atomic E-state index is -0.112. The second-order valence-electron chi connectivity index (χ2n) is 6.02. The summed E-state index contributed by atoms with van der Waals surface area (Å²) in [7, 11) is 0. The fourth-order valence-electron chi connectivity index (χ4n) is 3.26. The van der Waals surface area contributed by atoms with Crippen LogP contribution in [0.15, 0.2) is 30.5 Å². The van der Waals surface area contributed by atoms with Crippen LogP contribution in [0.4, 0.5) is 4.79 Å². The molecule has 5 nitrogen and oxygen atoms in total. The van der Waals surface area contributed by atoms with Gasteiger partial charge in [-0.15, -0.1) is 11.3 Å². The largest absolute Gasteiger partial charge is 0.395 e. The Morgan fingerprint density at radius 3 is 3.04 bits per heavy atom. The molecular weight excluding hydrogens is 322 g/mol. The summed E-state index contributed by atoms with van der Waals surface area (Å²) in [6, 6.07) is 8.19. The van der Waals surface area contributed by atoms with Gasteiger partial charge in [-0.2, -0.15) is 0 Å². The highest BCUT2D eigenvalue weighted by atomic mass is 32.1. The molecule has 24 heavy (non-hydrogen) atoms. The lowest BCUT2D eigenvalue weighted by molar-refractivity contribution is 0.151. The Morgan fingerprint density at radius 2 is 2.29 bits per heavy atom. The third-order valence-electron chi connectivity index (χ3n) is 4.36. The molecule has 1 heterocycles. The van der Waals surface area contributed by atoms with E-state index in [0.29, 0.717) is 13.1 Å². The molecule has 2 aromatic rings. The van der Waals surface area contributed by atoms with Crippen LogP contribution in [0.25, 0.3) is 0 Å². The zero-order valence-corrected chi connectivity index (χ0v) is 14.7. The molecule has 2 amide bonds. The standard InChI is InChI=1S/C18H23N3O2S/c1-13-12-20-17(24-13)8-9-19-18(23)21(10-11-22)16-7-6-14-4-2-3-5-15(14)16/h2-5,12,16,22H,6-11H2,1H3,(H,19,23). The normalized spacial score (nSPS) is 16.0. The molecule has 2 N–H and O–H groups in total. The van der Waals surface area contributed by atoms with E-state index in [-0.39, 0.29) is 18.7 Å². The number of nitrogens with one attached hydrogen (secondary N) is 1. The number of rotatable bonds is 6. The van der Waals surface area contributed by atoms with E-state index in [1.807, 2.05) is 25.3 Å². The van der Waals surface area contributed by atoms with Gasteiger partial charge in [0.25, 0.3) is 0 Å². The number of thiazole rings is 1. The second-order valence-corrected chi connectivity index (χ2v) is 7.34. The number of hydrogen-bond donors (Lipinski definition) is 2. The van der Waals surface area contributed by atoms with Gasteiger partial charge >= 0.3 is 6.03 Å². The number of amides is 2. The second kappa shape index (κ2) is 7.77. The van der Waals surface area contributed by atoms with Gasteiger partial charge in [0.15, 0.2) is 0 Å². The molecule has 1 aliphatic rings. The number of carbonyl (C=O) groups excluding carboxylic acids is 1. The number of hydrogen-bond acceptors (Lipinski definition) is 4. The maximum atomic E-state index is 12.6. The van der Waals surface area contributed by atoms with Crippen LogP contribution >= 0.6 is 11.3 Å². The predicted molar refractivity (Wildman–Crippen MR) is 95.2 cm³/mol. The molecule has 1 unspecified atom stereocenters. The molecular formula is C18H23N3O2S. The fourth-order valence-corrected chi connectivity index (χ4v) is 4.05. The molecule has 0 aliphatic heterocycles. The van der Waals surface area contributed by atoms with E-state index in [0.717, 1.165) is 24.3 Å². The van der Waals surface area contributed by atoms with Crippen LogP contribution in [-0.2, 0) is 12.8 Å². The van der Waals surface area contributed by atoms with Crippen LogP contribution in [0, 0.1) is 6.92 Å². The number of urea groups is 1. The number of aliphatic hydroxyl groups excluding tert-OH is 1. The first-order valence-corrected chi connectivity index (χ1v) is 9.15. The lowest BCUT2D eigenvalue weighted by Crippen LogP contribution is -2.43. The summed E-state index contributed by atoms with van der Waals surface area (Å²) >= 11 is 1.66.